The number of aromatic amines is 2. The second-order valence-electron chi connectivity index (χ2n) is 6.04. The van der Waals surface area contributed by atoms with E-state index in [4.69, 9.17) is 4.98 Å². The Bertz CT molecular complexity index is 885. The van der Waals surface area contributed by atoms with Crippen molar-refractivity contribution in [1.29, 1.82) is 0 Å². The molecule has 1 atom stereocenters. The minimum Gasteiger partial charge on any atom is -0.308 e. The van der Waals surface area contributed by atoms with Crippen LogP contribution in [-0.2, 0) is 0 Å². The Labute approximate surface area is 137 Å². The quantitative estimate of drug-likeness (QED) is 0.675. The summed E-state index contributed by atoms with van der Waals surface area (Å²) in [5.74, 6) is 0.762. The highest BCUT2D eigenvalue weighted by Gasteiger charge is 2.19. The zero-order chi connectivity index (χ0) is 15.8. The number of aryl methyl sites for hydroxylation is 1. The number of nitrogens with zero attached hydrogens (tertiary/aromatic N) is 2. The Hall–Kier alpha value is -1.99. The molecule has 4 heterocycles. The summed E-state index contributed by atoms with van der Waals surface area (Å²) in [5, 5.41) is 10.5. The average Bonchev–Trinajstić information content (AvgIpc) is 3.04. The Morgan fingerprint density at radius 1 is 1.30 bits per heavy atom. The fourth-order valence-corrected chi connectivity index (χ4v) is 4.18. The van der Waals surface area contributed by atoms with Crippen LogP contribution in [0.2, 0.25) is 0 Å². The first kappa shape index (κ1) is 14.6. The Kier molecular flexibility index (Phi) is 3.74. The lowest BCUT2D eigenvalue weighted by Gasteiger charge is -2.14. The normalized spacial score (nSPS) is 19.1. The van der Waals surface area contributed by atoms with E-state index >= 15 is 0 Å². The molecule has 0 radical (unpaired) electrons. The summed E-state index contributed by atoms with van der Waals surface area (Å²) in [6.45, 7) is 2.96. The molecule has 1 aliphatic rings. The van der Waals surface area contributed by atoms with Crippen molar-refractivity contribution in [3.05, 3.63) is 34.1 Å². The topological polar surface area (TPSA) is 86.5 Å². The fourth-order valence-electron chi connectivity index (χ4n) is 3.12. The molecule has 6 nitrogen and oxygen atoms in total. The van der Waals surface area contributed by atoms with Crippen LogP contribution in [0.15, 0.2) is 17.1 Å². The monoisotopic (exact) mass is 329 g/mol. The van der Waals surface area contributed by atoms with E-state index in [-0.39, 0.29) is 11.6 Å². The third-order valence-corrected chi connectivity index (χ3v) is 5.54. The lowest BCUT2D eigenvalue weighted by molar-refractivity contribution is 0.508. The largest absolute Gasteiger partial charge is 0.308 e. The predicted octanol–water partition coefficient (Wildman–Crippen LogP) is 2.89. The minimum absolute atomic E-state index is 0.0477. The van der Waals surface area contributed by atoms with Crippen molar-refractivity contribution in [2.24, 2.45) is 0 Å². The molecule has 0 amide bonds. The molecule has 0 aromatic carbocycles. The fraction of sp³-hybridized carbons (Fsp3) is 0.438. The second kappa shape index (κ2) is 5.90. The van der Waals surface area contributed by atoms with Gasteiger partial charge in [-0.2, -0.15) is 5.10 Å². The van der Waals surface area contributed by atoms with E-state index in [2.05, 4.69) is 20.5 Å². The van der Waals surface area contributed by atoms with Crippen LogP contribution in [0.5, 0.6) is 0 Å². The van der Waals surface area contributed by atoms with Gasteiger partial charge < -0.3 is 10.3 Å². The molecule has 0 aliphatic carbocycles. The number of hydrogen-bond donors (Lipinski definition) is 3. The summed E-state index contributed by atoms with van der Waals surface area (Å²) in [6, 6.07) is 2.14. The number of hydrogen-bond acceptors (Lipinski definition) is 5. The number of H-pyrrole nitrogens is 2. The molecule has 23 heavy (non-hydrogen) atoms. The molecular weight excluding hydrogens is 310 g/mol. The number of aromatic nitrogens is 4. The van der Waals surface area contributed by atoms with Crippen LogP contribution in [-0.4, -0.2) is 26.7 Å². The molecule has 4 rings (SSSR count). The zero-order valence-electron chi connectivity index (χ0n) is 13.0. The first-order valence-electron chi connectivity index (χ1n) is 8.00. The Morgan fingerprint density at radius 2 is 2.22 bits per heavy atom. The first-order valence-corrected chi connectivity index (χ1v) is 8.81. The number of fused-ring (bicyclic) bond motifs is 1. The van der Waals surface area contributed by atoms with Gasteiger partial charge in [-0.15, -0.1) is 11.3 Å². The highest BCUT2D eigenvalue weighted by Crippen LogP contribution is 2.32. The molecular formula is C16H19N5OS. The van der Waals surface area contributed by atoms with Gasteiger partial charge in [0.15, 0.2) is 0 Å². The van der Waals surface area contributed by atoms with Gasteiger partial charge in [-0.05, 0) is 32.4 Å². The van der Waals surface area contributed by atoms with Crippen LogP contribution in [0.4, 0.5) is 0 Å². The highest BCUT2D eigenvalue weighted by molar-refractivity contribution is 7.22. The summed E-state index contributed by atoms with van der Waals surface area (Å²) in [5.41, 5.74) is 2.75. The molecule has 0 spiro atoms. The molecule has 1 unspecified atom stereocenters. The molecule has 3 aromatic rings. The third-order valence-electron chi connectivity index (χ3n) is 4.39. The summed E-state index contributed by atoms with van der Waals surface area (Å²) in [4.78, 5) is 21.2. The summed E-state index contributed by atoms with van der Waals surface area (Å²) in [6.07, 6.45) is 6.40. The molecule has 3 aromatic heterocycles. The van der Waals surface area contributed by atoms with E-state index in [1.165, 1.54) is 30.6 Å². The van der Waals surface area contributed by atoms with Gasteiger partial charge in [0.2, 0.25) is 0 Å². The molecule has 120 valence electrons. The van der Waals surface area contributed by atoms with E-state index in [9.17, 15) is 4.79 Å². The van der Waals surface area contributed by atoms with E-state index < -0.39 is 0 Å². The molecule has 3 N–H and O–H groups in total. The average molecular weight is 329 g/mol. The maximum atomic E-state index is 12.5. The van der Waals surface area contributed by atoms with Crippen molar-refractivity contribution in [2.45, 2.75) is 38.6 Å². The van der Waals surface area contributed by atoms with Gasteiger partial charge in [0, 0.05) is 16.1 Å². The van der Waals surface area contributed by atoms with Crippen LogP contribution in [0.25, 0.3) is 20.7 Å². The Morgan fingerprint density at radius 3 is 3.04 bits per heavy atom. The van der Waals surface area contributed by atoms with Gasteiger partial charge in [-0.1, -0.05) is 12.8 Å². The molecule has 0 saturated carbocycles. The van der Waals surface area contributed by atoms with Gasteiger partial charge in [0.05, 0.1) is 17.8 Å². The van der Waals surface area contributed by atoms with Gasteiger partial charge in [-0.3, -0.25) is 9.89 Å². The standard InChI is InChI=1S/C16H19N5OS/c1-9-10(8-18-21-9)13-7-12-14(23-13)16(22)20-15(19-12)11-5-3-2-4-6-17-11/h7-8,11,17H,2-6H2,1H3,(H,18,21)(H,19,20,22). The van der Waals surface area contributed by atoms with Crippen LogP contribution < -0.4 is 10.9 Å². The molecule has 1 aliphatic heterocycles. The van der Waals surface area contributed by atoms with Crippen LogP contribution >= 0.6 is 11.3 Å². The zero-order valence-corrected chi connectivity index (χ0v) is 13.8. The van der Waals surface area contributed by atoms with Gasteiger partial charge in [-0.25, -0.2) is 4.98 Å². The number of thiophene rings is 1. The van der Waals surface area contributed by atoms with E-state index in [1.807, 2.05) is 13.0 Å². The van der Waals surface area contributed by atoms with Crippen molar-refractivity contribution < 1.29 is 0 Å². The second-order valence-corrected chi connectivity index (χ2v) is 7.09. The SMILES string of the molecule is Cc1[nH]ncc1-c1cc2nc(C3CCCCCN3)[nH]c(=O)c2s1. The molecule has 7 heteroatoms. The summed E-state index contributed by atoms with van der Waals surface area (Å²) in [7, 11) is 0. The highest BCUT2D eigenvalue weighted by atomic mass is 32.1. The van der Waals surface area contributed by atoms with Crippen LogP contribution in [0.1, 0.15) is 43.2 Å². The molecule has 0 bridgehead atoms. The van der Waals surface area contributed by atoms with E-state index in [1.54, 1.807) is 6.20 Å². The van der Waals surface area contributed by atoms with Crippen molar-refractivity contribution >= 4 is 21.6 Å². The van der Waals surface area contributed by atoms with Crippen LogP contribution in [0, 0.1) is 6.92 Å². The smallest absolute Gasteiger partial charge is 0.268 e. The molecule has 1 saturated heterocycles. The van der Waals surface area contributed by atoms with Gasteiger partial charge in [0.1, 0.15) is 10.5 Å². The van der Waals surface area contributed by atoms with Crippen molar-refractivity contribution in [3.8, 4) is 10.4 Å². The number of nitrogens with one attached hydrogen (secondary N) is 3. The minimum atomic E-state index is -0.0477. The maximum Gasteiger partial charge on any atom is 0.268 e. The summed E-state index contributed by atoms with van der Waals surface area (Å²) >= 11 is 1.47. The van der Waals surface area contributed by atoms with Crippen LogP contribution in [0.3, 0.4) is 0 Å². The van der Waals surface area contributed by atoms with Gasteiger partial charge in [0.25, 0.3) is 5.56 Å². The lowest BCUT2D eigenvalue weighted by atomic mass is 10.1. The van der Waals surface area contributed by atoms with Crippen molar-refractivity contribution in [3.63, 3.8) is 0 Å². The van der Waals surface area contributed by atoms with E-state index in [0.29, 0.717) is 4.70 Å². The first-order chi connectivity index (χ1) is 11.2. The third kappa shape index (κ3) is 2.70. The van der Waals surface area contributed by atoms with Crippen molar-refractivity contribution in [1.82, 2.24) is 25.5 Å². The summed E-state index contributed by atoms with van der Waals surface area (Å²) < 4.78 is 0.679. The maximum absolute atomic E-state index is 12.5. The van der Waals surface area contributed by atoms with Crippen molar-refractivity contribution in [2.75, 3.05) is 6.54 Å². The predicted molar refractivity (Wildman–Crippen MR) is 91.8 cm³/mol. The number of rotatable bonds is 2. The lowest BCUT2D eigenvalue weighted by Crippen LogP contribution is -2.24. The van der Waals surface area contributed by atoms with E-state index in [0.717, 1.165) is 40.4 Å². The Balaban J connectivity index is 1.78. The molecule has 1 fully saturated rings. The van der Waals surface area contributed by atoms with Gasteiger partial charge >= 0.3 is 0 Å².